The third-order valence-corrected chi connectivity index (χ3v) is 6.59. The molecule has 114 valence electrons. The maximum atomic E-state index is 4.41. The number of rotatable bonds is 4. The van der Waals surface area contributed by atoms with Crippen LogP contribution in [0.4, 0.5) is 0 Å². The van der Waals surface area contributed by atoms with Crippen molar-refractivity contribution in [1.82, 2.24) is 10.3 Å². The van der Waals surface area contributed by atoms with Gasteiger partial charge in [-0.15, -0.1) is 0 Å². The Bertz CT molecular complexity index is 470. The van der Waals surface area contributed by atoms with Crippen molar-refractivity contribution in [1.29, 1.82) is 0 Å². The number of nitrogens with one attached hydrogen (secondary N) is 1. The van der Waals surface area contributed by atoms with Gasteiger partial charge in [-0.05, 0) is 87.2 Å². The van der Waals surface area contributed by atoms with Crippen LogP contribution in [-0.2, 0) is 6.54 Å². The standard InChI is InChI=1S/C19H28N2/c1-13-3-4-15(11-20-13)12-21-14(2)19-8-16-5-17(9-19)7-18(6-16)10-19/h3-4,11,14,16-18,21H,5-10,12H2,1-2H3. The molecule has 0 saturated heterocycles. The molecule has 1 aromatic heterocycles. The van der Waals surface area contributed by atoms with Crippen molar-refractivity contribution in [3.8, 4) is 0 Å². The van der Waals surface area contributed by atoms with Gasteiger partial charge in [0.25, 0.3) is 0 Å². The molecular weight excluding hydrogens is 256 g/mol. The molecule has 1 N–H and O–H groups in total. The van der Waals surface area contributed by atoms with Crippen LogP contribution in [0.3, 0.4) is 0 Å². The summed E-state index contributed by atoms with van der Waals surface area (Å²) in [7, 11) is 0. The van der Waals surface area contributed by atoms with Crippen LogP contribution in [0.1, 0.15) is 56.7 Å². The SMILES string of the molecule is Cc1ccc(CNC(C)C23CC4CC(CC(C4)C2)C3)cn1. The van der Waals surface area contributed by atoms with Crippen molar-refractivity contribution in [3.05, 3.63) is 29.6 Å². The van der Waals surface area contributed by atoms with Crippen LogP contribution in [0.25, 0.3) is 0 Å². The molecule has 0 aromatic carbocycles. The summed E-state index contributed by atoms with van der Waals surface area (Å²) in [6, 6.07) is 4.97. The van der Waals surface area contributed by atoms with Gasteiger partial charge in [0.15, 0.2) is 0 Å². The average molecular weight is 284 g/mol. The molecule has 21 heavy (non-hydrogen) atoms. The molecule has 0 radical (unpaired) electrons. The maximum Gasteiger partial charge on any atom is 0.0372 e. The van der Waals surface area contributed by atoms with E-state index in [2.05, 4.69) is 36.3 Å². The van der Waals surface area contributed by atoms with E-state index in [1.807, 2.05) is 6.20 Å². The summed E-state index contributed by atoms with van der Waals surface area (Å²) in [6.45, 7) is 5.46. The van der Waals surface area contributed by atoms with Crippen molar-refractivity contribution in [3.63, 3.8) is 0 Å². The molecule has 2 nitrogen and oxygen atoms in total. The number of nitrogens with zero attached hydrogens (tertiary/aromatic N) is 1. The van der Waals surface area contributed by atoms with Crippen LogP contribution in [0, 0.1) is 30.1 Å². The van der Waals surface area contributed by atoms with Crippen LogP contribution in [0.15, 0.2) is 18.3 Å². The van der Waals surface area contributed by atoms with Crippen LogP contribution in [0.5, 0.6) is 0 Å². The summed E-state index contributed by atoms with van der Waals surface area (Å²) in [5, 5.41) is 3.84. The van der Waals surface area contributed by atoms with Crippen molar-refractivity contribution < 1.29 is 0 Å². The number of aromatic nitrogens is 1. The fraction of sp³-hybridized carbons (Fsp3) is 0.737. The second kappa shape index (κ2) is 5.08. The summed E-state index contributed by atoms with van der Waals surface area (Å²) >= 11 is 0. The number of aryl methyl sites for hydroxylation is 1. The van der Waals surface area contributed by atoms with Gasteiger partial charge in [-0.3, -0.25) is 4.98 Å². The molecule has 4 aliphatic rings. The Hall–Kier alpha value is -0.890. The first kappa shape index (κ1) is 13.8. The second-order valence-electron chi connectivity index (χ2n) is 8.19. The minimum absolute atomic E-state index is 0.604. The lowest BCUT2D eigenvalue weighted by Crippen LogP contribution is -2.54. The van der Waals surface area contributed by atoms with Gasteiger partial charge >= 0.3 is 0 Å². The predicted molar refractivity (Wildman–Crippen MR) is 85.9 cm³/mol. The lowest BCUT2D eigenvalue weighted by Gasteiger charge is -2.59. The van der Waals surface area contributed by atoms with E-state index in [9.17, 15) is 0 Å². The topological polar surface area (TPSA) is 24.9 Å². The lowest BCUT2D eigenvalue weighted by atomic mass is 9.48. The molecule has 4 fully saturated rings. The van der Waals surface area contributed by atoms with E-state index < -0.39 is 0 Å². The zero-order chi connectivity index (χ0) is 14.4. The highest BCUT2D eigenvalue weighted by Crippen LogP contribution is 2.61. The van der Waals surface area contributed by atoms with Crippen molar-refractivity contribution in [2.75, 3.05) is 0 Å². The van der Waals surface area contributed by atoms with Crippen LogP contribution >= 0.6 is 0 Å². The Labute approximate surface area is 128 Å². The summed E-state index contributed by atoms with van der Waals surface area (Å²) in [6.07, 6.45) is 11.1. The van der Waals surface area contributed by atoms with Crippen LogP contribution < -0.4 is 5.32 Å². The van der Waals surface area contributed by atoms with Gasteiger partial charge in [0.05, 0.1) is 0 Å². The molecule has 1 heterocycles. The van der Waals surface area contributed by atoms with E-state index >= 15 is 0 Å². The van der Waals surface area contributed by atoms with E-state index in [-0.39, 0.29) is 0 Å². The largest absolute Gasteiger partial charge is 0.310 e. The van der Waals surface area contributed by atoms with E-state index in [1.165, 1.54) is 44.1 Å². The Kier molecular flexibility index (Phi) is 3.33. The Morgan fingerprint density at radius 1 is 1.14 bits per heavy atom. The Morgan fingerprint density at radius 2 is 1.76 bits per heavy atom. The van der Waals surface area contributed by atoms with E-state index in [4.69, 9.17) is 0 Å². The number of hydrogen-bond donors (Lipinski definition) is 1. The first-order valence-corrected chi connectivity index (χ1v) is 8.78. The summed E-state index contributed by atoms with van der Waals surface area (Å²) in [4.78, 5) is 4.41. The smallest absolute Gasteiger partial charge is 0.0372 e. The third-order valence-electron chi connectivity index (χ3n) is 6.59. The fourth-order valence-corrected chi connectivity index (χ4v) is 5.80. The molecular formula is C19H28N2. The molecule has 4 saturated carbocycles. The van der Waals surface area contributed by atoms with Gasteiger partial charge in [0, 0.05) is 24.5 Å². The zero-order valence-electron chi connectivity index (χ0n) is 13.4. The van der Waals surface area contributed by atoms with Gasteiger partial charge in [-0.25, -0.2) is 0 Å². The van der Waals surface area contributed by atoms with Crippen molar-refractivity contribution in [2.24, 2.45) is 23.2 Å². The quantitative estimate of drug-likeness (QED) is 0.901. The number of hydrogen-bond acceptors (Lipinski definition) is 2. The molecule has 1 unspecified atom stereocenters. The van der Waals surface area contributed by atoms with Gasteiger partial charge in [0.1, 0.15) is 0 Å². The minimum Gasteiger partial charge on any atom is -0.310 e. The van der Waals surface area contributed by atoms with Crippen molar-refractivity contribution >= 4 is 0 Å². The average Bonchev–Trinajstić information content (AvgIpc) is 2.45. The molecule has 0 amide bonds. The van der Waals surface area contributed by atoms with Gasteiger partial charge < -0.3 is 5.32 Å². The normalized spacial score (nSPS) is 38.7. The highest BCUT2D eigenvalue weighted by molar-refractivity contribution is 5.13. The van der Waals surface area contributed by atoms with Crippen molar-refractivity contribution in [2.45, 2.75) is 65.0 Å². The summed E-state index contributed by atoms with van der Waals surface area (Å²) in [5.74, 6) is 3.13. The van der Waals surface area contributed by atoms with E-state index in [0.717, 1.165) is 30.0 Å². The summed E-state index contributed by atoms with van der Waals surface area (Å²) < 4.78 is 0. The molecule has 4 bridgehead atoms. The molecule has 0 aliphatic heterocycles. The molecule has 5 rings (SSSR count). The molecule has 1 aromatic rings. The van der Waals surface area contributed by atoms with Gasteiger partial charge in [0.2, 0.25) is 0 Å². The maximum absolute atomic E-state index is 4.41. The molecule has 2 heteroatoms. The van der Waals surface area contributed by atoms with Crippen LogP contribution in [0.2, 0.25) is 0 Å². The van der Waals surface area contributed by atoms with E-state index in [1.54, 1.807) is 0 Å². The lowest BCUT2D eigenvalue weighted by molar-refractivity contribution is -0.0706. The summed E-state index contributed by atoms with van der Waals surface area (Å²) in [5.41, 5.74) is 3.03. The first-order chi connectivity index (χ1) is 10.1. The van der Waals surface area contributed by atoms with Crippen LogP contribution in [-0.4, -0.2) is 11.0 Å². The zero-order valence-corrected chi connectivity index (χ0v) is 13.4. The second-order valence-corrected chi connectivity index (χ2v) is 8.19. The molecule has 4 aliphatic carbocycles. The van der Waals surface area contributed by atoms with Gasteiger partial charge in [-0.2, -0.15) is 0 Å². The first-order valence-electron chi connectivity index (χ1n) is 8.78. The van der Waals surface area contributed by atoms with E-state index in [0.29, 0.717) is 11.5 Å². The highest BCUT2D eigenvalue weighted by atomic mass is 14.9. The highest BCUT2D eigenvalue weighted by Gasteiger charge is 2.52. The molecule has 1 atom stereocenters. The molecule has 0 spiro atoms. The van der Waals surface area contributed by atoms with Gasteiger partial charge in [-0.1, -0.05) is 6.07 Å². The minimum atomic E-state index is 0.604. The Balaban J connectivity index is 1.42. The fourth-order valence-electron chi connectivity index (χ4n) is 5.80. The number of pyridine rings is 1. The monoisotopic (exact) mass is 284 g/mol. The Morgan fingerprint density at radius 3 is 2.29 bits per heavy atom. The third kappa shape index (κ3) is 2.52. The predicted octanol–water partition coefficient (Wildman–Crippen LogP) is 4.08.